The molecule has 1 unspecified atom stereocenters. The van der Waals surface area contributed by atoms with Gasteiger partial charge in [-0.2, -0.15) is 5.26 Å². The van der Waals surface area contributed by atoms with Crippen LogP contribution >= 0.6 is 0 Å². The summed E-state index contributed by atoms with van der Waals surface area (Å²) in [4.78, 5) is 0. The first-order chi connectivity index (χ1) is 9.03. The summed E-state index contributed by atoms with van der Waals surface area (Å²) in [6.45, 7) is 0.836. The molecule has 1 atom stereocenters. The lowest BCUT2D eigenvalue weighted by atomic mass is 10.1. The van der Waals surface area contributed by atoms with Gasteiger partial charge in [0.25, 0.3) is 0 Å². The Morgan fingerprint density at radius 2 is 2.26 bits per heavy atom. The van der Waals surface area contributed by atoms with Crippen LogP contribution in [0, 0.1) is 17.1 Å². The molecule has 2 rings (SSSR count). The van der Waals surface area contributed by atoms with Crippen molar-refractivity contribution in [1.82, 2.24) is 5.32 Å². The molecule has 0 saturated carbocycles. The van der Waals surface area contributed by atoms with Gasteiger partial charge in [-0.25, -0.2) is 12.8 Å². The van der Waals surface area contributed by atoms with Crippen LogP contribution in [-0.4, -0.2) is 26.0 Å². The molecule has 0 bridgehead atoms. The maximum absolute atomic E-state index is 13.1. The number of sulfone groups is 1. The number of nitrogens with one attached hydrogen (secondary N) is 1. The molecule has 1 aliphatic heterocycles. The minimum atomic E-state index is -2.94. The van der Waals surface area contributed by atoms with E-state index in [9.17, 15) is 12.8 Å². The Morgan fingerprint density at radius 3 is 2.89 bits per heavy atom. The van der Waals surface area contributed by atoms with Crippen LogP contribution in [0.25, 0.3) is 0 Å². The smallest absolute Gasteiger partial charge is 0.154 e. The molecular formula is C13H15FN2O2S. The van der Waals surface area contributed by atoms with Gasteiger partial charge in [0.05, 0.1) is 16.6 Å². The SMILES string of the molecule is N#Cc1cc(CNCC2CCCS2(=O)=O)ccc1F. The fourth-order valence-electron chi connectivity index (χ4n) is 2.23. The van der Waals surface area contributed by atoms with Gasteiger partial charge in [-0.3, -0.25) is 0 Å². The summed E-state index contributed by atoms with van der Waals surface area (Å²) in [6.07, 6.45) is 1.42. The normalized spacial score (nSPS) is 21.2. The third-order valence-electron chi connectivity index (χ3n) is 3.32. The molecule has 4 nitrogen and oxygen atoms in total. The summed E-state index contributed by atoms with van der Waals surface area (Å²) in [6, 6.07) is 6.10. The molecule has 1 N–H and O–H groups in total. The number of halogens is 1. The number of nitriles is 1. The van der Waals surface area contributed by atoms with E-state index in [4.69, 9.17) is 5.26 Å². The highest BCUT2D eigenvalue weighted by Gasteiger charge is 2.30. The van der Waals surface area contributed by atoms with Gasteiger partial charge < -0.3 is 5.32 Å². The van der Waals surface area contributed by atoms with Crippen LogP contribution in [0.2, 0.25) is 0 Å². The highest BCUT2D eigenvalue weighted by Crippen LogP contribution is 2.19. The lowest BCUT2D eigenvalue weighted by Gasteiger charge is -2.11. The largest absolute Gasteiger partial charge is 0.311 e. The van der Waals surface area contributed by atoms with E-state index >= 15 is 0 Å². The van der Waals surface area contributed by atoms with Gasteiger partial charge in [-0.05, 0) is 30.5 Å². The third kappa shape index (κ3) is 3.31. The number of hydrogen-bond acceptors (Lipinski definition) is 4. The lowest BCUT2D eigenvalue weighted by Crippen LogP contribution is -2.30. The standard InChI is InChI=1S/C13H15FN2O2S/c14-13-4-3-10(6-11(13)7-15)8-16-9-12-2-1-5-19(12,17)18/h3-4,6,12,16H,1-2,5,8-9H2. The van der Waals surface area contributed by atoms with Crippen molar-refractivity contribution in [3.05, 3.63) is 35.1 Å². The fraction of sp³-hybridized carbons (Fsp3) is 0.462. The van der Waals surface area contributed by atoms with E-state index in [0.29, 0.717) is 19.5 Å². The molecular weight excluding hydrogens is 267 g/mol. The average Bonchev–Trinajstić information content (AvgIpc) is 2.71. The monoisotopic (exact) mass is 282 g/mol. The zero-order chi connectivity index (χ0) is 13.9. The minimum absolute atomic E-state index is 0.00721. The van der Waals surface area contributed by atoms with Gasteiger partial charge in [0.2, 0.25) is 0 Å². The van der Waals surface area contributed by atoms with Gasteiger partial charge in [0.1, 0.15) is 11.9 Å². The molecule has 1 fully saturated rings. The van der Waals surface area contributed by atoms with Crippen molar-refractivity contribution >= 4 is 9.84 Å². The number of rotatable bonds is 4. The van der Waals surface area contributed by atoms with E-state index in [1.807, 2.05) is 0 Å². The van der Waals surface area contributed by atoms with Gasteiger partial charge in [-0.15, -0.1) is 0 Å². The summed E-state index contributed by atoms with van der Waals surface area (Å²) in [5.74, 6) is -0.265. The molecule has 0 radical (unpaired) electrons. The summed E-state index contributed by atoms with van der Waals surface area (Å²) in [5.41, 5.74) is 0.779. The van der Waals surface area contributed by atoms with Crippen LogP contribution in [0.3, 0.4) is 0 Å². The van der Waals surface area contributed by atoms with Gasteiger partial charge >= 0.3 is 0 Å². The number of benzene rings is 1. The number of nitrogens with zero attached hydrogens (tertiary/aromatic N) is 1. The molecule has 1 aromatic rings. The Morgan fingerprint density at radius 1 is 1.47 bits per heavy atom. The van der Waals surface area contributed by atoms with E-state index in [-0.39, 0.29) is 16.6 Å². The summed E-state index contributed by atoms with van der Waals surface area (Å²) in [7, 11) is -2.94. The molecule has 1 aromatic carbocycles. The van der Waals surface area contributed by atoms with Crippen molar-refractivity contribution in [3.63, 3.8) is 0 Å². The molecule has 102 valence electrons. The maximum Gasteiger partial charge on any atom is 0.154 e. The van der Waals surface area contributed by atoms with Crippen LogP contribution in [-0.2, 0) is 16.4 Å². The second kappa shape index (κ2) is 5.68. The molecule has 1 aliphatic rings. The molecule has 0 aromatic heterocycles. The molecule has 19 heavy (non-hydrogen) atoms. The summed E-state index contributed by atoms with van der Waals surface area (Å²) < 4.78 is 36.4. The maximum atomic E-state index is 13.1. The Hall–Kier alpha value is -1.45. The molecule has 0 aliphatic carbocycles. The predicted octanol–water partition coefficient (Wildman–Crippen LogP) is 1.36. The van der Waals surface area contributed by atoms with E-state index in [1.54, 1.807) is 12.1 Å². The van der Waals surface area contributed by atoms with Crippen LogP contribution in [0.4, 0.5) is 4.39 Å². The van der Waals surface area contributed by atoms with Crippen LogP contribution in [0.5, 0.6) is 0 Å². The topological polar surface area (TPSA) is 70.0 Å². The zero-order valence-electron chi connectivity index (χ0n) is 10.4. The Bertz CT molecular complexity index is 608. The second-order valence-electron chi connectivity index (χ2n) is 4.69. The molecule has 1 saturated heterocycles. The fourth-order valence-corrected chi connectivity index (χ4v) is 4.03. The molecule has 0 spiro atoms. The first kappa shape index (κ1) is 14.0. The van der Waals surface area contributed by atoms with Crippen molar-refractivity contribution in [2.45, 2.75) is 24.6 Å². The molecule has 1 heterocycles. The highest BCUT2D eigenvalue weighted by atomic mass is 32.2. The predicted molar refractivity (Wildman–Crippen MR) is 69.6 cm³/mol. The van der Waals surface area contributed by atoms with Crippen LogP contribution < -0.4 is 5.32 Å². The van der Waals surface area contributed by atoms with Crippen molar-refractivity contribution < 1.29 is 12.8 Å². The van der Waals surface area contributed by atoms with Crippen molar-refractivity contribution in [3.8, 4) is 6.07 Å². The molecule has 6 heteroatoms. The summed E-state index contributed by atoms with van der Waals surface area (Å²) in [5, 5.41) is 11.5. The van der Waals surface area contributed by atoms with Crippen molar-refractivity contribution in [2.24, 2.45) is 0 Å². The van der Waals surface area contributed by atoms with Crippen LogP contribution in [0.15, 0.2) is 18.2 Å². The highest BCUT2D eigenvalue weighted by molar-refractivity contribution is 7.92. The first-order valence-electron chi connectivity index (χ1n) is 6.14. The lowest BCUT2D eigenvalue weighted by molar-refractivity contribution is 0.573. The quantitative estimate of drug-likeness (QED) is 0.905. The van der Waals surface area contributed by atoms with Gasteiger partial charge in [0.15, 0.2) is 9.84 Å². The van der Waals surface area contributed by atoms with Gasteiger partial charge in [0, 0.05) is 13.1 Å². The van der Waals surface area contributed by atoms with Crippen molar-refractivity contribution in [2.75, 3.05) is 12.3 Å². The summed E-state index contributed by atoms with van der Waals surface area (Å²) >= 11 is 0. The average molecular weight is 282 g/mol. The Balaban J connectivity index is 1.92. The first-order valence-corrected chi connectivity index (χ1v) is 7.85. The van der Waals surface area contributed by atoms with E-state index < -0.39 is 15.7 Å². The van der Waals surface area contributed by atoms with Crippen LogP contribution in [0.1, 0.15) is 24.0 Å². The van der Waals surface area contributed by atoms with E-state index in [1.165, 1.54) is 12.1 Å². The minimum Gasteiger partial charge on any atom is -0.311 e. The van der Waals surface area contributed by atoms with Gasteiger partial charge in [-0.1, -0.05) is 6.07 Å². The zero-order valence-corrected chi connectivity index (χ0v) is 11.2. The van der Waals surface area contributed by atoms with E-state index in [2.05, 4.69) is 5.32 Å². The Kier molecular flexibility index (Phi) is 4.17. The van der Waals surface area contributed by atoms with E-state index in [0.717, 1.165) is 12.0 Å². The third-order valence-corrected chi connectivity index (χ3v) is 5.59. The number of hydrogen-bond donors (Lipinski definition) is 1. The van der Waals surface area contributed by atoms with Crippen molar-refractivity contribution in [1.29, 1.82) is 5.26 Å². The molecule has 0 amide bonds. The Labute approximate surface area is 112 Å². The second-order valence-corrected chi connectivity index (χ2v) is 7.09.